The summed E-state index contributed by atoms with van der Waals surface area (Å²) in [5, 5.41) is 1.25. The molecule has 26 heavy (non-hydrogen) atoms. The highest BCUT2D eigenvalue weighted by Gasteiger charge is 2.33. The number of para-hydroxylation sites is 1. The van der Waals surface area contributed by atoms with Crippen LogP contribution in [-0.2, 0) is 17.7 Å². The average molecular weight is 352 g/mol. The molecule has 138 valence electrons. The number of morpholine rings is 1. The second-order valence-corrected chi connectivity index (χ2v) is 7.75. The van der Waals surface area contributed by atoms with Crippen LogP contribution >= 0.6 is 0 Å². The average Bonchev–Trinajstić information content (AvgIpc) is 2.98. The van der Waals surface area contributed by atoms with Gasteiger partial charge in [-0.25, -0.2) is 0 Å². The quantitative estimate of drug-likeness (QED) is 0.787. The summed E-state index contributed by atoms with van der Waals surface area (Å²) in [6, 6.07) is 8.47. The smallest absolute Gasteiger partial charge is 0.183 e. The molecule has 0 amide bonds. The highest BCUT2D eigenvalue weighted by Crippen LogP contribution is 2.34. The lowest BCUT2D eigenvalue weighted by atomic mass is 9.85. The van der Waals surface area contributed by atoms with Crippen LogP contribution in [0.2, 0.25) is 0 Å². The molecule has 0 bridgehead atoms. The molecule has 1 saturated heterocycles. The van der Waals surface area contributed by atoms with Gasteiger partial charge in [-0.3, -0.25) is 9.69 Å². The lowest BCUT2D eigenvalue weighted by Gasteiger charge is -2.31. The fourth-order valence-corrected chi connectivity index (χ4v) is 4.29. The number of aromatic nitrogens is 1. The largest absolute Gasteiger partial charge is 0.379 e. The molecule has 1 unspecified atom stereocenters. The van der Waals surface area contributed by atoms with Gasteiger partial charge in [0.1, 0.15) is 0 Å². The van der Waals surface area contributed by atoms with Crippen molar-refractivity contribution in [2.45, 2.75) is 33.2 Å². The molecule has 4 heteroatoms. The van der Waals surface area contributed by atoms with E-state index in [1.54, 1.807) is 0 Å². The zero-order chi connectivity index (χ0) is 18.1. The lowest BCUT2D eigenvalue weighted by Crippen LogP contribution is -2.42. The summed E-state index contributed by atoms with van der Waals surface area (Å²) in [5.74, 6) is 0.437. The summed E-state index contributed by atoms with van der Waals surface area (Å²) in [4.78, 5) is 15.8. The predicted octanol–water partition coefficient (Wildman–Crippen LogP) is 3.68. The summed E-state index contributed by atoms with van der Waals surface area (Å²) in [7, 11) is 0. The molecule has 1 atom stereocenters. The second-order valence-electron chi connectivity index (χ2n) is 7.75. The molecular formula is C22H28N2O2. The number of fused-ring (bicyclic) bond motifs is 3. The number of nitrogens with zero attached hydrogens (tertiary/aromatic N) is 2. The van der Waals surface area contributed by atoms with Crippen molar-refractivity contribution in [2.75, 3.05) is 32.8 Å². The maximum Gasteiger partial charge on any atom is 0.183 e. The number of aryl methyl sites for hydroxylation is 1. The van der Waals surface area contributed by atoms with Crippen molar-refractivity contribution in [1.29, 1.82) is 0 Å². The highest BCUT2D eigenvalue weighted by molar-refractivity contribution is 6.05. The SMILES string of the molecule is CC(C)=CCn1c2c(c3ccccc31)CCC(CN1CCOCC1)C2=O. The highest BCUT2D eigenvalue weighted by atomic mass is 16.5. The Morgan fingerprint density at radius 1 is 1.23 bits per heavy atom. The molecule has 0 saturated carbocycles. The van der Waals surface area contributed by atoms with E-state index in [1.165, 1.54) is 22.0 Å². The van der Waals surface area contributed by atoms with Gasteiger partial charge in [0.15, 0.2) is 5.78 Å². The van der Waals surface area contributed by atoms with Crippen LogP contribution in [-0.4, -0.2) is 48.1 Å². The van der Waals surface area contributed by atoms with Crippen molar-refractivity contribution in [3.63, 3.8) is 0 Å². The van der Waals surface area contributed by atoms with Gasteiger partial charge in [0.05, 0.1) is 18.9 Å². The van der Waals surface area contributed by atoms with Gasteiger partial charge in [-0.15, -0.1) is 0 Å². The van der Waals surface area contributed by atoms with E-state index in [1.807, 2.05) is 0 Å². The fourth-order valence-electron chi connectivity index (χ4n) is 4.29. The number of Topliss-reactive ketones (excluding diaryl/α,β-unsaturated/α-hetero) is 1. The van der Waals surface area contributed by atoms with Crippen LogP contribution in [0.1, 0.15) is 36.3 Å². The predicted molar refractivity (Wildman–Crippen MR) is 105 cm³/mol. The molecular weight excluding hydrogens is 324 g/mol. The third-order valence-electron chi connectivity index (χ3n) is 5.69. The maximum atomic E-state index is 13.4. The third kappa shape index (κ3) is 3.24. The zero-order valence-corrected chi connectivity index (χ0v) is 15.8. The minimum atomic E-state index is 0.107. The molecule has 1 aliphatic carbocycles. The number of benzene rings is 1. The van der Waals surface area contributed by atoms with Gasteiger partial charge >= 0.3 is 0 Å². The van der Waals surface area contributed by atoms with Crippen LogP contribution in [0.3, 0.4) is 0 Å². The van der Waals surface area contributed by atoms with Crippen LogP contribution in [0.15, 0.2) is 35.9 Å². The lowest BCUT2D eigenvalue weighted by molar-refractivity contribution is 0.0290. The Hall–Kier alpha value is -1.91. The topological polar surface area (TPSA) is 34.5 Å². The molecule has 0 N–H and O–H groups in total. The van der Waals surface area contributed by atoms with Gasteiger partial charge < -0.3 is 9.30 Å². The summed E-state index contributed by atoms with van der Waals surface area (Å²) in [6.07, 6.45) is 4.17. The number of ketones is 1. The van der Waals surface area contributed by atoms with E-state index in [-0.39, 0.29) is 5.92 Å². The molecule has 1 aromatic heterocycles. The molecule has 1 fully saturated rings. The van der Waals surface area contributed by atoms with E-state index in [0.29, 0.717) is 5.78 Å². The Morgan fingerprint density at radius 3 is 2.77 bits per heavy atom. The van der Waals surface area contributed by atoms with E-state index in [4.69, 9.17) is 4.74 Å². The van der Waals surface area contributed by atoms with E-state index < -0.39 is 0 Å². The van der Waals surface area contributed by atoms with Gasteiger partial charge in [0.25, 0.3) is 0 Å². The Kier molecular flexibility index (Phi) is 4.96. The molecule has 0 radical (unpaired) electrons. The maximum absolute atomic E-state index is 13.4. The van der Waals surface area contributed by atoms with Gasteiger partial charge in [0.2, 0.25) is 0 Å². The van der Waals surface area contributed by atoms with Crippen molar-refractivity contribution in [2.24, 2.45) is 5.92 Å². The molecule has 1 aromatic carbocycles. The van der Waals surface area contributed by atoms with Crippen LogP contribution in [0.5, 0.6) is 0 Å². The van der Waals surface area contributed by atoms with E-state index in [2.05, 4.69) is 53.7 Å². The molecule has 1 aliphatic heterocycles. The summed E-state index contributed by atoms with van der Waals surface area (Å²) in [6.45, 7) is 9.32. The third-order valence-corrected chi connectivity index (χ3v) is 5.69. The van der Waals surface area contributed by atoms with Crippen LogP contribution in [0, 0.1) is 5.92 Å². The summed E-state index contributed by atoms with van der Waals surface area (Å²) < 4.78 is 7.69. The minimum Gasteiger partial charge on any atom is -0.379 e. The molecule has 0 spiro atoms. The van der Waals surface area contributed by atoms with Crippen molar-refractivity contribution < 1.29 is 9.53 Å². The Labute approximate surface area is 155 Å². The zero-order valence-electron chi connectivity index (χ0n) is 15.8. The number of carbonyl (C=O) groups is 1. The van der Waals surface area contributed by atoms with E-state index in [9.17, 15) is 4.79 Å². The first-order chi connectivity index (χ1) is 12.6. The summed E-state index contributed by atoms with van der Waals surface area (Å²) >= 11 is 0. The van der Waals surface area contributed by atoms with E-state index >= 15 is 0 Å². The molecule has 4 nitrogen and oxygen atoms in total. The number of hydrogen-bond acceptors (Lipinski definition) is 3. The van der Waals surface area contributed by atoms with Gasteiger partial charge in [0, 0.05) is 43.0 Å². The number of allylic oxidation sites excluding steroid dienone is 2. The number of rotatable bonds is 4. The fraction of sp³-hybridized carbons (Fsp3) is 0.500. The van der Waals surface area contributed by atoms with Crippen LogP contribution < -0.4 is 0 Å². The first-order valence-electron chi connectivity index (χ1n) is 9.73. The van der Waals surface area contributed by atoms with E-state index in [0.717, 1.165) is 57.9 Å². The van der Waals surface area contributed by atoms with Crippen LogP contribution in [0.25, 0.3) is 10.9 Å². The second kappa shape index (κ2) is 7.37. The van der Waals surface area contributed by atoms with Crippen molar-refractivity contribution in [1.82, 2.24) is 9.47 Å². The number of hydrogen-bond donors (Lipinski definition) is 0. The Bertz CT molecular complexity index is 839. The minimum absolute atomic E-state index is 0.107. The number of carbonyl (C=O) groups excluding carboxylic acids is 1. The van der Waals surface area contributed by atoms with Gasteiger partial charge in [-0.1, -0.05) is 29.8 Å². The Balaban J connectivity index is 1.69. The van der Waals surface area contributed by atoms with Crippen LogP contribution in [0.4, 0.5) is 0 Å². The monoisotopic (exact) mass is 352 g/mol. The van der Waals surface area contributed by atoms with Gasteiger partial charge in [-0.2, -0.15) is 0 Å². The molecule has 2 heterocycles. The van der Waals surface area contributed by atoms with Crippen molar-refractivity contribution in [3.05, 3.63) is 47.2 Å². The first-order valence-corrected chi connectivity index (χ1v) is 9.73. The molecule has 2 aromatic rings. The number of ether oxygens (including phenoxy) is 1. The summed E-state index contributed by atoms with van der Waals surface area (Å²) in [5.41, 5.74) is 4.68. The standard InChI is InChI=1S/C22H28N2O2/c1-16(2)9-10-24-20-6-4-3-5-18(20)19-8-7-17(22(25)21(19)24)15-23-11-13-26-14-12-23/h3-6,9,17H,7-8,10-15H2,1-2H3. The molecule has 4 rings (SSSR count). The molecule has 2 aliphatic rings. The normalized spacial score (nSPS) is 21.0. The first kappa shape index (κ1) is 17.5. The Morgan fingerprint density at radius 2 is 2.00 bits per heavy atom. The van der Waals surface area contributed by atoms with Gasteiger partial charge in [-0.05, 0) is 38.3 Å². The van der Waals surface area contributed by atoms with Crippen molar-refractivity contribution in [3.8, 4) is 0 Å². The van der Waals surface area contributed by atoms with Crippen molar-refractivity contribution >= 4 is 16.7 Å².